The van der Waals surface area contributed by atoms with Gasteiger partial charge in [-0.25, -0.2) is 0 Å². The van der Waals surface area contributed by atoms with Crippen LogP contribution >= 0.6 is 0 Å². The zero-order chi connectivity index (χ0) is 24.1. The molecule has 0 bridgehead atoms. The van der Waals surface area contributed by atoms with Crippen molar-refractivity contribution in [2.24, 2.45) is 11.3 Å². The summed E-state index contributed by atoms with van der Waals surface area (Å²) in [7, 11) is 0. The summed E-state index contributed by atoms with van der Waals surface area (Å²) >= 11 is 0. The molecule has 2 fully saturated rings. The Hall–Kier alpha value is -2.37. The number of rotatable bonds is 6. The van der Waals surface area contributed by atoms with E-state index in [0.29, 0.717) is 17.5 Å². The van der Waals surface area contributed by atoms with Crippen LogP contribution in [0.3, 0.4) is 0 Å². The van der Waals surface area contributed by atoms with Gasteiger partial charge in [-0.3, -0.25) is 4.79 Å². The molecule has 2 aliphatic heterocycles. The van der Waals surface area contributed by atoms with E-state index in [-0.39, 0.29) is 5.91 Å². The molecule has 5 heteroatoms. The lowest BCUT2D eigenvalue weighted by atomic mass is 9.92. The number of β-amino-alcohol motifs (C(OH)–C–C–N with tert-alkyl or cyclic N) is 1. The third-order valence-electron chi connectivity index (χ3n) is 7.03. The third-order valence-corrected chi connectivity index (χ3v) is 7.03. The largest absolute Gasteiger partial charge is 0.391 e. The quantitative estimate of drug-likeness (QED) is 0.624. The van der Waals surface area contributed by atoms with Crippen molar-refractivity contribution in [1.82, 2.24) is 9.80 Å². The molecule has 0 unspecified atom stereocenters. The summed E-state index contributed by atoms with van der Waals surface area (Å²) in [5, 5.41) is 13.5. The Labute approximate surface area is 205 Å². The fourth-order valence-electron chi connectivity index (χ4n) is 5.19. The maximum absolute atomic E-state index is 12.7. The molecule has 0 aromatic heterocycles. The highest BCUT2D eigenvalue weighted by Gasteiger charge is 2.24. The third kappa shape index (κ3) is 6.83. The summed E-state index contributed by atoms with van der Waals surface area (Å²) in [6.07, 6.45) is 3.78. The van der Waals surface area contributed by atoms with Crippen LogP contribution in [0.1, 0.15) is 56.8 Å². The van der Waals surface area contributed by atoms with E-state index in [1.807, 2.05) is 24.3 Å². The summed E-state index contributed by atoms with van der Waals surface area (Å²) in [5.74, 6) is 0.746. The highest BCUT2D eigenvalue weighted by molar-refractivity contribution is 5.94. The van der Waals surface area contributed by atoms with E-state index in [1.54, 1.807) is 4.90 Å². The molecule has 5 nitrogen and oxygen atoms in total. The van der Waals surface area contributed by atoms with Gasteiger partial charge < -0.3 is 20.2 Å². The molecular weight excluding hydrogens is 422 g/mol. The minimum absolute atomic E-state index is 0.00841. The lowest BCUT2D eigenvalue weighted by Gasteiger charge is -2.36. The Balaban J connectivity index is 1.26. The van der Waals surface area contributed by atoms with Crippen LogP contribution in [0.25, 0.3) is 11.1 Å². The van der Waals surface area contributed by atoms with Gasteiger partial charge in [-0.15, -0.1) is 0 Å². The number of amides is 1. The van der Waals surface area contributed by atoms with E-state index in [2.05, 4.69) is 55.3 Å². The number of nitrogens with one attached hydrogen (secondary N) is 1. The van der Waals surface area contributed by atoms with Crippen molar-refractivity contribution in [2.75, 3.05) is 44.6 Å². The number of carbonyl (C=O) groups excluding carboxylic acids is 1. The Morgan fingerprint density at radius 2 is 1.56 bits per heavy atom. The van der Waals surface area contributed by atoms with Crippen LogP contribution in [-0.4, -0.2) is 66.2 Å². The Kier molecular flexibility index (Phi) is 7.95. The van der Waals surface area contributed by atoms with Gasteiger partial charge in [-0.2, -0.15) is 0 Å². The van der Waals surface area contributed by atoms with Crippen LogP contribution in [0.5, 0.6) is 0 Å². The van der Waals surface area contributed by atoms with Crippen LogP contribution in [-0.2, 0) is 0 Å². The van der Waals surface area contributed by atoms with E-state index in [4.69, 9.17) is 0 Å². The van der Waals surface area contributed by atoms with Crippen molar-refractivity contribution < 1.29 is 9.90 Å². The molecule has 0 radical (unpaired) electrons. The minimum Gasteiger partial charge on any atom is -0.391 e. The summed E-state index contributed by atoms with van der Waals surface area (Å²) in [6.45, 7) is 12.8. The van der Waals surface area contributed by atoms with Gasteiger partial charge >= 0.3 is 0 Å². The van der Waals surface area contributed by atoms with Gasteiger partial charge in [-0.05, 0) is 85.5 Å². The summed E-state index contributed by atoms with van der Waals surface area (Å²) in [6, 6.07) is 16.4. The fourth-order valence-corrected chi connectivity index (χ4v) is 5.19. The molecule has 0 spiro atoms. The standard InChI is InChI=1S/C29H41N3O2/c1-29(2,3)21-31-17-14-22(15-18-31)19-30-26-12-10-24(11-13-26)23-6-8-25(9-7-23)28(34)32-16-4-5-27(33)20-32/h6-13,22,27,30,33H,4-5,14-21H2,1-3H3/t27-/m1/s1. The molecule has 2 aliphatic rings. The first-order chi connectivity index (χ1) is 16.3. The first-order valence-electron chi connectivity index (χ1n) is 12.9. The van der Waals surface area contributed by atoms with Crippen LogP contribution in [0.2, 0.25) is 0 Å². The van der Waals surface area contributed by atoms with Crippen LogP contribution in [0.15, 0.2) is 48.5 Å². The van der Waals surface area contributed by atoms with Crippen LogP contribution in [0.4, 0.5) is 5.69 Å². The topological polar surface area (TPSA) is 55.8 Å². The smallest absolute Gasteiger partial charge is 0.253 e. The number of hydrogen-bond acceptors (Lipinski definition) is 4. The zero-order valence-electron chi connectivity index (χ0n) is 21.1. The number of nitrogens with zero attached hydrogens (tertiary/aromatic N) is 2. The normalized spacial score (nSPS) is 20.4. The van der Waals surface area contributed by atoms with E-state index >= 15 is 0 Å². The summed E-state index contributed by atoms with van der Waals surface area (Å²) in [4.78, 5) is 17.1. The van der Waals surface area contributed by atoms with Gasteiger partial charge in [0.05, 0.1) is 6.10 Å². The maximum Gasteiger partial charge on any atom is 0.253 e. The van der Waals surface area contributed by atoms with E-state index < -0.39 is 6.10 Å². The number of hydrogen-bond donors (Lipinski definition) is 2. The SMILES string of the molecule is CC(C)(C)CN1CCC(CNc2ccc(-c3ccc(C(=O)N4CCC[C@@H](O)C4)cc3)cc2)CC1. The second kappa shape index (κ2) is 10.9. The molecule has 184 valence electrons. The molecule has 0 saturated carbocycles. The van der Waals surface area contributed by atoms with Crippen LogP contribution in [0, 0.1) is 11.3 Å². The molecule has 4 rings (SSSR count). The second-order valence-electron chi connectivity index (χ2n) is 11.4. The van der Waals surface area contributed by atoms with Gasteiger partial charge in [0.2, 0.25) is 0 Å². The number of anilines is 1. The number of carbonyl (C=O) groups is 1. The molecule has 1 amide bonds. The first-order valence-corrected chi connectivity index (χ1v) is 12.9. The molecule has 2 aromatic rings. The number of aliphatic hydroxyl groups excluding tert-OH is 1. The molecule has 34 heavy (non-hydrogen) atoms. The second-order valence-corrected chi connectivity index (χ2v) is 11.4. The molecule has 1 atom stereocenters. The van der Waals surface area contributed by atoms with Crippen molar-refractivity contribution in [3.8, 4) is 11.1 Å². The van der Waals surface area contributed by atoms with E-state index in [0.717, 1.165) is 48.7 Å². The maximum atomic E-state index is 12.7. The van der Waals surface area contributed by atoms with Crippen molar-refractivity contribution in [2.45, 2.75) is 52.6 Å². The highest BCUT2D eigenvalue weighted by atomic mass is 16.3. The average molecular weight is 464 g/mol. The number of likely N-dealkylation sites (tertiary alicyclic amines) is 2. The molecule has 2 heterocycles. The summed E-state index contributed by atoms with van der Waals surface area (Å²) in [5.41, 5.74) is 4.47. The first kappa shape index (κ1) is 24.7. The van der Waals surface area contributed by atoms with Gasteiger partial charge in [0.25, 0.3) is 5.91 Å². The van der Waals surface area contributed by atoms with Crippen molar-refractivity contribution in [3.05, 3.63) is 54.1 Å². The lowest BCUT2D eigenvalue weighted by molar-refractivity contribution is 0.0474. The monoisotopic (exact) mass is 463 g/mol. The Morgan fingerprint density at radius 1 is 0.941 bits per heavy atom. The Morgan fingerprint density at radius 3 is 2.15 bits per heavy atom. The predicted molar refractivity (Wildman–Crippen MR) is 140 cm³/mol. The van der Waals surface area contributed by atoms with E-state index in [9.17, 15) is 9.90 Å². The number of piperidine rings is 2. The molecule has 2 N–H and O–H groups in total. The lowest BCUT2D eigenvalue weighted by Crippen LogP contribution is -2.42. The molecule has 2 aromatic carbocycles. The molecule has 0 aliphatic carbocycles. The van der Waals surface area contributed by atoms with Gasteiger partial charge in [-0.1, -0.05) is 45.0 Å². The predicted octanol–water partition coefficient (Wildman–Crippen LogP) is 5.12. The number of benzene rings is 2. The average Bonchev–Trinajstić information content (AvgIpc) is 2.83. The van der Waals surface area contributed by atoms with Gasteiger partial charge in [0, 0.05) is 37.4 Å². The fraction of sp³-hybridized carbons (Fsp3) is 0.552. The van der Waals surface area contributed by atoms with E-state index in [1.165, 1.54) is 32.5 Å². The zero-order valence-corrected chi connectivity index (χ0v) is 21.1. The van der Waals surface area contributed by atoms with Crippen molar-refractivity contribution in [3.63, 3.8) is 0 Å². The number of aliphatic hydroxyl groups is 1. The highest BCUT2D eigenvalue weighted by Crippen LogP contribution is 2.25. The van der Waals surface area contributed by atoms with Gasteiger partial charge in [0.1, 0.15) is 0 Å². The van der Waals surface area contributed by atoms with Crippen LogP contribution < -0.4 is 5.32 Å². The molecular formula is C29H41N3O2. The van der Waals surface area contributed by atoms with Crippen molar-refractivity contribution >= 4 is 11.6 Å². The minimum atomic E-state index is -0.398. The Bertz CT molecular complexity index is 925. The molecule has 2 saturated heterocycles. The summed E-state index contributed by atoms with van der Waals surface area (Å²) < 4.78 is 0. The van der Waals surface area contributed by atoms with Crippen molar-refractivity contribution in [1.29, 1.82) is 0 Å². The van der Waals surface area contributed by atoms with Gasteiger partial charge in [0.15, 0.2) is 0 Å².